The predicted molar refractivity (Wildman–Crippen MR) is 103 cm³/mol. The Labute approximate surface area is 161 Å². The Morgan fingerprint density at radius 3 is 2.00 bits per heavy atom. The van der Waals surface area contributed by atoms with Gasteiger partial charge in [0.05, 0.1) is 0 Å². The third kappa shape index (κ3) is 7.76. The molecule has 0 fully saturated rings. The Morgan fingerprint density at radius 1 is 1.13 bits per heavy atom. The first-order valence-electron chi connectivity index (χ1n) is 6.51. The van der Waals surface area contributed by atoms with Crippen molar-refractivity contribution >= 4 is 16.9 Å². The van der Waals surface area contributed by atoms with E-state index in [0.29, 0.717) is 0 Å². The quantitative estimate of drug-likeness (QED) is 0.255. The van der Waals surface area contributed by atoms with E-state index in [9.17, 15) is 0 Å². The van der Waals surface area contributed by atoms with Gasteiger partial charge in [-0.3, -0.25) is 6.08 Å². The van der Waals surface area contributed by atoms with Crippen LogP contribution in [0.2, 0.25) is 25.2 Å². The van der Waals surface area contributed by atoms with Crippen LogP contribution in [0.5, 0.6) is 0 Å². The molecule has 0 aromatic rings. The molecular weight excluding hydrogens is 503 g/mol. The van der Waals surface area contributed by atoms with Gasteiger partial charge in [0.1, 0.15) is 0 Å². The summed E-state index contributed by atoms with van der Waals surface area (Å²) in [5, 5.41) is 1.38. The van der Waals surface area contributed by atoms with E-state index in [1.54, 1.807) is 21.3 Å². The van der Waals surface area contributed by atoms with Gasteiger partial charge in [-0.05, 0) is 12.1 Å². The summed E-state index contributed by atoms with van der Waals surface area (Å²) in [6, 6.07) is 1.79. The van der Waals surface area contributed by atoms with Gasteiger partial charge in [-0.2, -0.15) is 11.6 Å². The molecule has 1 rings (SSSR count). The third-order valence-electron chi connectivity index (χ3n) is 3.62. The fourth-order valence-corrected chi connectivity index (χ4v) is 6.95. The van der Waals surface area contributed by atoms with Crippen molar-refractivity contribution in [1.29, 1.82) is 0 Å². The second-order valence-electron chi connectivity index (χ2n) is 5.33. The van der Waals surface area contributed by atoms with Crippen LogP contribution < -0.4 is 0 Å². The monoisotopic (exact) mass is 537 g/mol. The molecule has 0 unspecified atom stereocenters. The van der Waals surface area contributed by atoms with Gasteiger partial charge in [-0.1, -0.05) is 19.2 Å². The molecule has 0 heterocycles. The van der Waals surface area contributed by atoms with Crippen molar-refractivity contribution in [2.45, 2.75) is 31.6 Å². The van der Waals surface area contributed by atoms with E-state index in [2.05, 4.69) is 31.8 Å². The SMILES string of the molecule is C=CC[Si](C)(C)C1=[C-]CC=C1C[Si](OC)(OC)OC.[CH3-].[CH3-].[CH3-].[Pt+4]. The molecule has 0 saturated heterocycles. The van der Waals surface area contributed by atoms with Gasteiger partial charge in [0.25, 0.3) is 0 Å². The maximum atomic E-state index is 5.53. The Kier molecular flexibility index (Phi) is 18.2. The van der Waals surface area contributed by atoms with Crippen molar-refractivity contribution in [2.24, 2.45) is 0 Å². The molecular formula is C17H34O3PtSi2. The third-order valence-corrected chi connectivity index (χ3v) is 9.46. The Morgan fingerprint density at radius 2 is 1.61 bits per heavy atom. The van der Waals surface area contributed by atoms with Gasteiger partial charge < -0.3 is 35.6 Å². The summed E-state index contributed by atoms with van der Waals surface area (Å²) in [7, 11) is 0.927. The molecule has 23 heavy (non-hydrogen) atoms. The summed E-state index contributed by atoms with van der Waals surface area (Å²) in [6.07, 6.45) is 8.66. The van der Waals surface area contributed by atoms with Crippen LogP contribution in [-0.4, -0.2) is 38.2 Å². The number of hydrogen-bond acceptors (Lipinski definition) is 3. The minimum atomic E-state index is -2.56. The fourth-order valence-electron chi connectivity index (χ4n) is 2.49. The summed E-state index contributed by atoms with van der Waals surface area (Å²) >= 11 is 0. The largest absolute Gasteiger partial charge is 4.00 e. The average molecular weight is 538 g/mol. The number of allylic oxidation sites excluding steroid dienone is 5. The van der Waals surface area contributed by atoms with E-state index in [4.69, 9.17) is 13.3 Å². The summed E-state index contributed by atoms with van der Waals surface area (Å²) < 4.78 is 16.6. The van der Waals surface area contributed by atoms with Crippen LogP contribution in [0.15, 0.2) is 29.5 Å². The van der Waals surface area contributed by atoms with Crippen molar-refractivity contribution < 1.29 is 34.3 Å². The molecule has 0 aromatic carbocycles. The molecule has 0 spiro atoms. The van der Waals surface area contributed by atoms with E-state index in [1.165, 1.54) is 10.8 Å². The second-order valence-corrected chi connectivity index (χ2v) is 13.0. The first kappa shape index (κ1) is 31.0. The molecule has 0 atom stereocenters. The molecule has 3 nitrogen and oxygen atoms in total. The summed E-state index contributed by atoms with van der Waals surface area (Å²) in [4.78, 5) is 0. The molecule has 6 heteroatoms. The Hall–Kier alpha value is 0.222. The van der Waals surface area contributed by atoms with Crippen molar-refractivity contribution in [1.82, 2.24) is 0 Å². The van der Waals surface area contributed by atoms with E-state index < -0.39 is 16.9 Å². The van der Waals surface area contributed by atoms with Gasteiger partial charge in [-0.15, -0.1) is 13.0 Å². The molecule has 0 saturated carbocycles. The maximum absolute atomic E-state index is 5.53. The number of hydrogen-bond donors (Lipinski definition) is 0. The Bertz CT molecular complexity index is 381. The first-order chi connectivity index (χ1) is 8.94. The zero-order chi connectivity index (χ0) is 14.5. The molecule has 0 aromatic heterocycles. The van der Waals surface area contributed by atoms with E-state index >= 15 is 0 Å². The van der Waals surface area contributed by atoms with Crippen molar-refractivity contribution in [3.8, 4) is 0 Å². The van der Waals surface area contributed by atoms with Crippen LogP contribution in [0.4, 0.5) is 0 Å². The minimum Gasteiger partial charge on any atom is -0.377 e. The van der Waals surface area contributed by atoms with Gasteiger partial charge in [0, 0.05) is 29.4 Å². The van der Waals surface area contributed by atoms with Gasteiger partial charge in [-0.25, -0.2) is 5.20 Å². The van der Waals surface area contributed by atoms with Crippen molar-refractivity contribution in [3.63, 3.8) is 0 Å². The van der Waals surface area contributed by atoms with Gasteiger partial charge in [0.15, 0.2) is 0 Å². The number of rotatable bonds is 8. The van der Waals surface area contributed by atoms with Crippen molar-refractivity contribution in [2.75, 3.05) is 21.3 Å². The van der Waals surface area contributed by atoms with Gasteiger partial charge >= 0.3 is 29.9 Å². The fraction of sp³-hybridized carbons (Fsp3) is 0.471. The topological polar surface area (TPSA) is 27.7 Å². The van der Waals surface area contributed by atoms with Crippen LogP contribution in [-0.2, 0) is 34.3 Å². The first-order valence-corrected chi connectivity index (χ1v) is 11.7. The summed E-state index contributed by atoms with van der Waals surface area (Å²) in [6.45, 7) is 8.58. The zero-order valence-corrected chi connectivity index (χ0v) is 20.3. The normalized spacial score (nSPS) is 13.4. The molecule has 0 bridgehead atoms. The minimum absolute atomic E-state index is 0. The molecule has 0 aliphatic heterocycles. The standard InChI is InChI=1S/C14H25O3Si2.3CH3.Pt/c1-7-11-18(5,6)14-10-8-9-13(14)12-19(15-2,16-3)17-4;;;;/h7,9H,1,8,11-12H2,2-6H3;3*1H3;/q4*-1;+4. The van der Waals surface area contributed by atoms with Crippen LogP contribution in [0.3, 0.4) is 0 Å². The molecule has 138 valence electrons. The predicted octanol–water partition coefficient (Wildman–Crippen LogP) is 4.71. The second kappa shape index (κ2) is 13.5. The average Bonchev–Trinajstić information content (AvgIpc) is 2.85. The van der Waals surface area contributed by atoms with Crippen LogP contribution in [0.1, 0.15) is 6.42 Å². The van der Waals surface area contributed by atoms with Crippen LogP contribution in [0.25, 0.3) is 0 Å². The van der Waals surface area contributed by atoms with E-state index in [-0.39, 0.29) is 43.3 Å². The summed E-state index contributed by atoms with van der Waals surface area (Å²) in [5.74, 6) is 0. The molecule has 0 N–H and O–H groups in total. The van der Waals surface area contributed by atoms with Crippen LogP contribution in [0, 0.1) is 28.4 Å². The summed E-state index contributed by atoms with van der Waals surface area (Å²) in [5.41, 5.74) is 1.30. The molecule has 1 aliphatic carbocycles. The van der Waals surface area contributed by atoms with Gasteiger partial charge in [0.2, 0.25) is 0 Å². The maximum Gasteiger partial charge on any atom is 4.00 e. The molecule has 1 aliphatic rings. The van der Waals surface area contributed by atoms with Crippen molar-refractivity contribution in [3.05, 3.63) is 57.9 Å². The van der Waals surface area contributed by atoms with Crippen LogP contribution >= 0.6 is 0 Å². The Balaban J connectivity index is -0.000000451. The smallest absolute Gasteiger partial charge is 0.377 e. The molecule has 0 radical (unpaired) electrons. The zero-order valence-electron chi connectivity index (χ0n) is 16.0. The van der Waals surface area contributed by atoms with E-state index in [1.807, 2.05) is 6.08 Å². The molecule has 0 amide bonds. The van der Waals surface area contributed by atoms with E-state index in [0.717, 1.165) is 18.5 Å².